The summed E-state index contributed by atoms with van der Waals surface area (Å²) in [6, 6.07) is 7.42. The number of Topliss-reactive ketones (excluding diaryl/α,β-unsaturated/α-hetero) is 1. The summed E-state index contributed by atoms with van der Waals surface area (Å²) in [5.74, 6) is 3.31. The zero-order valence-electron chi connectivity index (χ0n) is 8.73. The highest BCUT2D eigenvalue weighted by molar-refractivity contribution is 7.99. The van der Waals surface area contributed by atoms with Gasteiger partial charge in [0, 0.05) is 17.2 Å². The third kappa shape index (κ3) is 2.34. The van der Waals surface area contributed by atoms with Crippen molar-refractivity contribution >= 4 is 17.5 Å². The second-order valence-electron chi connectivity index (χ2n) is 3.66. The van der Waals surface area contributed by atoms with Crippen LogP contribution in [0.4, 0.5) is 0 Å². The molecule has 1 atom stereocenters. The van der Waals surface area contributed by atoms with Gasteiger partial charge in [-0.15, -0.1) is 0 Å². The molecule has 1 aromatic carbocycles. The number of rotatable bonds is 3. The lowest BCUT2D eigenvalue weighted by Crippen LogP contribution is -2.13. The summed E-state index contributed by atoms with van der Waals surface area (Å²) in [6.07, 6.45) is 1.01. The number of methoxy groups -OCH3 is 1. The molecule has 0 radical (unpaired) electrons. The van der Waals surface area contributed by atoms with Gasteiger partial charge in [-0.25, -0.2) is 0 Å². The van der Waals surface area contributed by atoms with Crippen molar-refractivity contribution in [1.29, 1.82) is 0 Å². The van der Waals surface area contributed by atoms with Crippen LogP contribution in [-0.4, -0.2) is 24.4 Å². The first-order valence-corrected chi connectivity index (χ1v) is 6.23. The van der Waals surface area contributed by atoms with Crippen LogP contribution in [0.3, 0.4) is 0 Å². The van der Waals surface area contributed by atoms with Gasteiger partial charge in [-0.3, -0.25) is 4.79 Å². The molecule has 1 heterocycles. The van der Waals surface area contributed by atoms with Crippen molar-refractivity contribution in [2.45, 2.75) is 6.42 Å². The fourth-order valence-corrected chi connectivity index (χ4v) is 2.97. The third-order valence-corrected chi connectivity index (χ3v) is 3.82. The monoisotopic (exact) mass is 222 g/mol. The first-order valence-electron chi connectivity index (χ1n) is 5.07. The van der Waals surface area contributed by atoms with E-state index in [1.807, 2.05) is 36.0 Å². The molecule has 1 aromatic rings. The fourth-order valence-electron chi connectivity index (χ4n) is 1.75. The minimum Gasteiger partial charge on any atom is -0.497 e. The van der Waals surface area contributed by atoms with Gasteiger partial charge in [-0.05, 0) is 24.3 Å². The van der Waals surface area contributed by atoms with Crippen LogP contribution in [0.5, 0.6) is 5.75 Å². The molecule has 0 N–H and O–H groups in total. The maximum atomic E-state index is 12.0. The Balaban J connectivity index is 2.17. The molecule has 0 amide bonds. The van der Waals surface area contributed by atoms with Crippen LogP contribution in [0.15, 0.2) is 24.3 Å². The fraction of sp³-hybridized carbons (Fsp3) is 0.417. The Bertz CT molecular complexity index is 356. The van der Waals surface area contributed by atoms with Crippen LogP contribution in [0.25, 0.3) is 0 Å². The zero-order valence-corrected chi connectivity index (χ0v) is 9.55. The van der Waals surface area contributed by atoms with Crippen LogP contribution < -0.4 is 4.74 Å². The van der Waals surface area contributed by atoms with Crippen molar-refractivity contribution < 1.29 is 9.53 Å². The Labute approximate surface area is 94.0 Å². The summed E-state index contributed by atoms with van der Waals surface area (Å²) in [7, 11) is 1.62. The molecule has 1 aliphatic heterocycles. The van der Waals surface area contributed by atoms with Gasteiger partial charge < -0.3 is 4.74 Å². The Hall–Kier alpha value is -0.960. The molecule has 0 bridgehead atoms. The predicted octanol–water partition coefficient (Wildman–Crippen LogP) is 2.63. The lowest BCUT2D eigenvalue weighted by Gasteiger charge is -2.08. The lowest BCUT2D eigenvalue weighted by atomic mass is 9.97. The van der Waals surface area contributed by atoms with Gasteiger partial charge in [0.15, 0.2) is 5.78 Å². The number of hydrogen-bond donors (Lipinski definition) is 0. The number of ketones is 1. The van der Waals surface area contributed by atoms with Crippen molar-refractivity contribution in [3.8, 4) is 5.75 Å². The van der Waals surface area contributed by atoms with Crippen LogP contribution in [0, 0.1) is 5.92 Å². The van der Waals surface area contributed by atoms with E-state index >= 15 is 0 Å². The van der Waals surface area contributed by atoms with Gasteiger partial charge in [0.1, 0.15) is 5.75 Å². The second-order valence-corrected chi connectivity index (χ2v) is 4.81. The molecule has 3 heteroatoms. The average molecular weight is 222 g/mol. The Morgan fingerprint density at radius 1 is 1.53 bits per heavy atom. The Kier molecular flexibility index (Phi) is 3.31. The molecular weight excluding hydrogens is 208 g/mol. The topological polar surface area (TPSA) is 26.3 Å². The minimum absolute atomic E-state index is 0.210. The second kappa shape index (κ2) is 4.71. The summed E-state index contributed by atoms with van der Waals surface area (Å²) in [5.41, 5.74) is 0.779. The van der Waals surface area contributed by atoms with E-state index in [4.69, 9.17) is 4.74 Å². The highest BCUT2D eigenvalue weighted by Crippen LogP contribution is 2.27. The molecule has 15 heavy (non-hydrogen) atoms. The van der Waals surface area contributed by atoms with Crippen LogP contribution in [-0.2, 0) is 0 Å². The first-order chi connectivity index (χ1) is 7.31. The SMILES string of the molecule is COc1cccc(C(=O)C2CCSC2)c1. The number of carbonyl (C=O) groups is 1. The number of carbonyl (C=O) groups excluding carboxylic acids is 1. The summed E-state index contributed by atoms with van der Waals surface area (Å²) in [5, 5.41) is 0. The Morgan fingerprint density at radius 3 is 3.07 bits per heavy atom. The van der Waals surface area contributed by atoms with E-state index in [0.29, 0.717) is 0 Å². The molecule has 0 aliphatic carbocycles. The van der Waals surface area contributed by atoms with E-state index in [9.17, 15) is 4.79 Å². The summed E-state index contributed by atoms with van der Waals surface area (Å²) >= 11 is 1.86. The van der Waals surface area contributed by atoms with E-state index in [1.54, 1.807) is 7.11 Å². The number of thioether (sulfide) groups is 1. The van der Waals surface area contributed by atoms with Gasteiger partial charge in [-0.2, -0.15) is 11.8 Å². The van der Waals surface area contributed by atoms with E-state index in [1.165, 1.54) is 0 Å². The number of benzene rings is 1. The smallest absolute Gasteiger partial charge is 0.166 e. The largest absolute Gasteiger partial charge is 0.497 e. The van der Waals surface area contributed by atoms with Crippen molar-refractivity contribution in [1.82, 2.24) is 0 Å². The standard InChI is InChI=1S/C12H14O2S/c1-14-11-4-2-3-9(7-11)12(13)10-5-6-15-8-10/h2-4,7,10H,5-6,8H2,1H3. The van der Waals surface area contributed by atoms with Gasteiger partial charge in [0.05, 0.1) is 7.11 Å². The van der Waals surface area contributed by atoms with E-state index in [2.05, 4.69) is 0 Å². The quantitative estimate of drug-likeness (QED) is 0.735. The van der Waals surface area contributed by atoms with Crippen molar-refractivity contribution in [2.24, 2.45) is 5.92 Å². The average Bonchev–Trinajstić information content (AvgIpc) is 2.81. The van der Waals surface area contributed by atoms with Crippen molar-refractivity contribution in [3.05, 3.63) is 29.8 Å². The highest BCUT2D eigenvalue weighted by atomic mass is 32.2. The summed E-state index contributed by atoms with van der Waals surface area (Å²) in [4.78, 5) is 12.0. The van der Waals surface area contributed by atoms with Gasteiger partial charge >= 0.3 is 0 Å². The number of hydrogen-bond acceptors (Lipinski definition) is 3. The van der Waals surface area contributed by atoms with Crippen LogP contribution in [0.2, 0.25) is 0 Å². The third-order valence-electron chi connectivity index (χ3n) is 2.65. The molecule has 1 aliphatic rings. The maximum absolute atomic E-state index is 12.0. The maximum Gasteiger partial charge on any atom is 0.166 e. The van der Waals surface area contributed by atoms with Crippen LogP contribution in [0.1, 0.15) is 16.8 Å². The first kappa shape index (κ1) is 10.6. The van der Waals surface area contributed by atoms with Gasteiger partial charge in [0.2, 0.25) is 0 Å². The predicted molar refractivity (Wildman–Crippen MR) is 62.8 cm³/mol. The summed E-state index contributed by atoms with van der Waals surface area (Å²) in [6.45, 7) is 0. The highest BCUT2D eigenvalue weighted by Gasteiger charge is 2.24. The van der Waals surface area contributed by atoms with Gasteiger partial charge in [-0.1, -0.05) is 12.1 Å². The molecule has 0 aromatic heterocycles. The molecule has 0 saturated carbocycles. The molecule has 1 fully saturated rings. The van der Waals surface area contributed by atoms with Gasteiger partial charge in [0.25, 0.3) is 0 Å². The van der Waals surface area contributed by atoms with Crippen molar-refractivity contribution in [3.63, 3.8) is 0 Å². The molecular formula is C12H14O2S. The van der Waals surface area contributed by atoms with E-state index in [-0.39, 0.29) is 11.7 Å². The van der Waals surface area contributed by atoms with Crippen LogP contribution >= 0.6 is 11.8 Å². The summed E-state index contributed by atoms with van der Waals surface area (Å²) < 4.78 is 5.11. The zero-order chi connectivity index (χ0) is 10.7. The Morgan fingerprint density at radius 2 is 2.40 bits per heavy atom. The molecule has 0 spiro atoms. The number of ether oxygens (including phenoxy) is 1. The molecule has 1 unspecified atom stereocenters. The normalized spacial score (nSPS) is 20.2. The molecule has 2 nitrogen and oxygen atoms in total. The molecule has 80 valence electrons. The van der Waals surface area contributed by atoms with E-state index in [0.717, 1.165) is 29.2 Å². The van der Waals surface area contributed by atoms with E-state index < -0.39 is 0 Å². The molecule has 2 rings (SSSR count). The van der Waals surface area contributed by atoms with Crippen molar-refractivity contribution in [2.75, 3.05) is 18.6 Å². The minimum atomic E-state index is 0.210. The lowest BCUT2D eigenvalue weighted by molar-refractivity contribution is 0.0933. The molecule has 1 saturated heterocycles.